The Hall–Kier alpha value is -2.25. The fraction of sp³-hybridized carbons (Fsp3) is 0.560. The van der Waals surface area contributed by atoms with Crippen LogP contribution in [0.3, 0.4) is 0 Å². The molecule has 0 spiro atoms. The van der Waals surface area contributed by atoms with E-state index in [1.807, 2.05) is 29.2 Å². The summed E-state index contributed by atoms with van der Waals surface area (Å²) in [6, 6.07) is 8.70. The number of rotatable bonds is 5. The molecule has 2 aromatic rings. The molecule has 0 N–H and O–H groups in total. The number of benzene rings is 1. The molecular weight excluding hydrogens is 420 g/mol. The molecule has 1 aromatic heterocycles. The maximum atomic E-state index is 13.2. The van der Waals surface area contributed by atoms with Gasteiger partial charge in [0.15, 0.2) is 0 Å². The summed E-state index contributed by atoms with van der Waals surface area (Å²) in [4.78, 5) is 37.6. The first-order valence-electron chi connectivity index (χ1n) is 12.0. The fourth-order valence-electron chi connectivity index (χ4n) is 5.33. The van der Waals surface area contributed by atoms with Crippen LogP contribution in [0.25, 0.3) is 10.6 Å². The third kappa shape index (κ3) is 4.33. The van der Waals surface area contributed by atoms with Gasteiger partial charge in [0, 0.05) is 49.4 Å². The third-order valence-electron chi connectivity index (χ3n) is 7.26. The molecule has 2 amide bonds. The van der Waals surface area contributed by atoms with Gasteiger partial charge in [-0.3, -0.25) is 14.5 Å². The van der Waals surface area contributed by atoms with Crippen LogP contribution in [0.4, 0.5) is 0 Å². The highest BCUT2D eigenvalue weighted by molar-refractivity contribution is 7.16. The molecule has 1 aromatic carbocycles. The molecule has 6 nitrogen and oxygen atoms in total. The van der Waals surface area contributed by atoms with E-state index in [0.717, 1.165) is 74.5 Å². The Kier molecular flexibility index (Phi) is 6.28. The molecule has 0 radical (unpaired) electrons. The smallest absolute Gasteiger partial charge is 0.265 e. The number of carbonyl (C=O) groups is 2. The van der Waals surface area contributed by atoms with E-state index in [0.29, 0.717) is 17.0 Å². The average Bonchev–Trinajstić information content (AvgIpc) is 3.61. The summed E-state index contributed by atoms with van der Waals surface area (Å²) in [6.07, 6.45) is 8.58. The van der Waals surface area contributed by atoms with E-state index >= 15 is 0 Å². The number of likely N-dealkylation sites (tertiary alicyclic amines) is 3. The highest BCUT2D eigenvalue weighted by atomic mass is 32.1. The maximum absolute atomic E-state index is 13.2. The van der Waals surface area contributed by atoms with Gasteiger partial charge in [-0.2, -0.15) is 0 Å². The van der Waals surface area contributed by atoms with E-state index < -0.39 is 0 Å². The minimum Gasteiger partial charge on any atom is -0.338 e. The molecule has 0 bridgehead atoms. The number of nitrogens with zero attached hydrogens (tertiary/aromatic N) is 4. The van der Waals surface area contributed by atoms with Crippen molar-refractivity contribution in [2.75, 3.05) is 32.7 Å². The zero-order chi connectivity index (χ0) is 22.1. The molecule has 32 heavy (non-hydrogen) atoms. The summed E-state index contributed by atoms with van der Waals surface area (Å²) in [5.74, 6) is 0.223. The second kappa shape index (κ2) is 9.32. The number of thiazole rings is 1. The first-order valence-corrected chi connectivity index (χ1v) is 12.8. The Morgan fingerprint density at radius 1 is 0.969 bits per heavy atom. The van der Waals surface area contributed by atoms with Crippen molar-refractivity contribution in [1.82, 2.24) is 19.7 Å². The molecule has 0 aliphatic carbocycles. The van der Waals surface area contributed by atoms with Crippen LogP contribution >= 0.6 is 11.3 Å². The first-order chi connectivity index (χ1) is 15.6. The van der Waals surface area contributed by atoms with Crippen LogP contribution in [-0.4, -0.2) is 76.3 Å². The van der Waals surface area contributed by atoms with Gasteiger partial charge in [0.05, 0.1) is 6.20 Å². The highest BCUT2D eigenvalue weighted by Gasteiger charge is 2.33. The Morgan fingerprint density at radius 2 is 1.72 bits per heavy atom. The number of hydrogen-bond donors (Lipinski definition) is 0. The molecule has 3 fully saturated rings. The minimum atomic E-state index is 0.0884. The molecule has 3 aliphatic heterocycles. The lowest BCUT2D eigenvalue weighted by Crippen LogP contribution is -2.44. The van der Waals surface area contributed by atoms with Gasteiger partial charge < -0.3 is 9.80 Å². The second-order valence-electron chi connectivity index (χ2n) is 9.39. The quantitative estimate of drug-likeness (QED) is 0.684. The van der Waals surface area contributed by atoms with E-state index in [-0.39, 0.29) is 11.8 Å². The van der Waals surface area contributed by atoms with Crippen molar-refractivity contribution in [3.8, 4) is 10.6 Å². The first kappa shape index (κ1) is 21.6. The van der Waals surface area contributed by atoms with Gasteiger partial charge in [0.2, 0.25) is 0 Å². The summed E-state index contributed by atoms with van der Waals surface area (Å²) in [5, 5.41) is 0.827. The van der Waals surface area contributed by atoms with Gasteiger partial charge in [-0.25, -0.2) is 4.98 Å². The lowest BCUT2D eigenvalue weighted by atomic mass is 10.1. The molecule has 3 aliphatic rings. The van der Waals surface area contributed by atoms with Crippen molar-refractivity contribution >= 4 is 23.2 Å². The Balaban J connectivity index is 1.25. The van der Waals surface area contributed by atoms with Gasteiger partial charge in [-0.1, -0.05) is 12.1 Å². The molecule has 3 saturated heterocycles. The summed E-state index contributed by atoms with van der Waals surface area (Å²) in [7, 11) is 0. The van der Waals surface area contributed by atoms with Crippen molar-refractivity contribution in [2.24, 2.45) is 0 Å². The zero-order valence-electron chi connectivity index (χ0n) is 18.8. The van der Waals surface area contributed by atoms with Crippen LogP contribution in [0, 0.1) is 0 Å². The molecule has 0 saturated carbocycles. The van der Waals surface area contributed by atoms with Crippen LogP contribution in [-0.2, 0) is 0 Å². The SMILES string of the molecule is CC1CCCN1CC1CCCN1C(=O)c1ccc(-c2ncc(C(=O)N3CCCC3)s2)cc1. The number of aromatic nitrogens is 1. The van der Waals surface area contributed by atoms with E-state index in [2.05, 4.69) is 21.7 Å². The van der Waals surface area contributed by atoms with Crippen molar-refractivity contribution in [3.63, 3.8) is 0 Å². The largest absolute Gasteiger partial charge is 0.338 e. The summed E-state index contributed by atoms with van der Waals surface area (Å²) in [6.45, 7) is 6.99. The second-order valence-corrected chi connectivity index (χ2v) is 10.4. The number of amides is 2. The van der Waals surface area contributed by atoms with Crippen LogP contribution < -0.4 is 0 Å². The standard InChI is InChI=1S/C25H32N4O2S/c1-18-6-4-14-28(18)17-21-7-5-15-29(21)24(30)20-10-8-19(9-11-20)23-26-16-22(32-23)25(31)27-12-2-3-13-27/h8-11,16,18,21H,2-7,12-15,17H2,1H3. The molecular formula is C25H32N4O2S. The lowest BCUT2D eigenvalue weighted by molar-refractivity contribution is 0.0696. The summed E-state index contributed by atoms with van der Waals surface area (Å²) < 4.78 is 0. The minimum absolute atomic E-state index is 0.0884. The van der Waals surface area contributed by atoms with Crippen LogP contribution in [0.15, 0.2) is 30.5 Å². The molecule has 2 atom stereocenters. The molecule has 2 unspecified atom stereocenters. The third-order valence-corrected chi connectivity index (χ3v) is 8.30. The van der Waals surface area contributed by atoms with Crippen molar-refractivity contribution < 1.29 is 9.59 Å². The van der Waals surface area contributed by atoms with Crippen LogP contribution in [0.1, 0.15) is 65.5 Å². The number of hydrogen-bond acceptors (Lipinski definition) is 5. The Bertz CT molecular complexity index is 967. The molecule has 7 heteroatoms. The molecule has 170 valence electrons. The van der Waals surface area contributed by atoms with Crippen molar-refractivity contribution in [3.05, 3.63) is 40.9 Å². The fourth-order valence-corrected chi connectivity index (χ4v) is 6.22. The monoisotopic (exact) mass is 452 g/mol. The van der Waals surface area contributed by atoms with Crippen LogP contribution in [0.5, 0.6) is 0 Å². The van der Waals surface area contributed by atoms with Gasteiger partial charge in [0.25, 0.3) is 11.8 Å². The van der Waals surface area contributed by atoms with Crippen molar-refractivity contribution in [1.29, 1.82) is 0 Å². The Labute approximate surface area is 194 Å². The van der Waals surface area contributed by atoms with Gasteiger partial charge in [-0.15, -0.1) is 11.3 Å². The predicted octanol–water partition coefficient (Wildman–Crippen LogP) is 4.14. The summed E-state index contributed by atoms with van der Waals surface area (Å²) >= 11 is 1.44. The topological polar surface area (TPSA) is 56.8 Å². The molecule has 5 rings (SSSR count). The molecule has 4 heterocycles. The van der Waals surface area contributed by atoms with Crippen LogP contribution in [0.2, 0.25) is 0 Å². The van der Waals surface area contributed by atoms with E-state index in [9.17, 15) is 9.59 Å². The van der Waals surface area contributed by atoms with Crippen molar-refractivity contribution in [2.45, 2.75) is 57.5 Å². The summed E-state index contributed by atoms with van der Waals surface area (Å²) in [5.41, 5.74) is 1.69. The lowest BCUT2D eigenvalue weighted by Gasteiger charge is -2.30. The predicted molar refractivity (Wildman–Crippen MR) is 127 cm³/mol. The maximum Gasteiger partial charge on any atom is 0.265 e. The van der Waals surface area contributed by atoms with Gasteiger partial charge >= 0.3 is 0 Å². The average molecular weight is 453 g/mol. The number of carbonyl (C=O) groups excluding carboxylic acids is 2. The van der Waals surface area contributed by atoms with Gasteiger partial charge in [0.1, 0.15) is 9.88 Å². The van der Waals surface area contributed by atoms with E-state index in [1.165, 1.54) is 24.2 Å². The normalized spacial score (nSPS) is 23.9. The van der Waals surface area contributed by atoms with E-state index in [4.69, 9.17) is 0 Å². The van der Waals surface area contributed by atoms with E-state index in [1.54, 1.807) is 6.20 Å². The Morgan fingerprint density at radius 3 is 2.44 bits per heavy atom. The zero-order valence-corrected chi connectivity index (χ0v) is 19.6. The van der Waals surface area contributed by atoms with Gasteiger partial charge in [-0.05, 0) is 64.1 Å². The highest BCUT2D eigenvalue weighted by Crippen LogP contribution is 2.29.